The fraction of sp³-hybridized carbons (Fsp3) is 0.846. The molecule has 0 saturated heterocycles. The minimum Gasteiger partial charge on any atom is -0.247 e. The van der Waals surface area contributed by atoms with E-state index in [9.17, 15) is 19.8 Å². The molecule has 0 fully saturated rings. The van der Waals surface area contributed by atoms with E-state index >= 15 is 0 Å². The van der Waals surface area contributed by atoms with Crippen molar-refractivity contribution in [3.8, 4) is 0 Å². The summed E-state index contributed by atoms with van der Waals surface area (Å²) in [6.45, 7) is 16.6. The van der Waals surface area contributed by atoms with E-state index in [2.05, 4.69) is 65.8 Å². The third-order valence-electron chi connectivity index (χ3n) is 9.99. The van der Waals surface area contributed by atoms with E-state index in [4.69, 9.17) is 0 Å². The van der Waals surface area contributed by atoms with E-state index < -0.39 is 11.9 Å². The largest absolute Gasteiger partial charge is 0.355 e. The first-order chi connectivity index (χ1) is 27.4. The number of carbonyl (C=O) groups excluding carboxylic acids is 2. The molecule has 0 N–H and O–H groups in total. The van der Waals surface area contributed by atoms with Crippen molar-refractivity contribution in [3.05, 3.63) is 38.2 Å². The second-order valence-corrected chi connectivity index (χ2v) is 15.9. The molecular weight excluding hydrogens is 807 g/mol. The van der Waals surface area contributed by atoms with E-state index in [0.717, 1.165) is 51.4 Å². The van der Waals surface area contributed by atoms with Crippen molar-refractivity contribution in [3.63, 3.8) is 0 Å². The molecule has 8 radical (unpaired) electrons. The van der Waals surface area contributed by atoms with Gasteiger partial charge in [-0.25, -0.2) is 19.8 Å². The summed E-state index contributed by atoms with van der Waals surface area (Å²) in [4.78, 5) is 20.4. The molecule has 5 heteroatoms. The van der Waals surface area contributed by atoms with Crippen LogP contribution in [-0.2, 0) is 19.8 Å². The second-order valence-electron chi connectivity index (χ2n) is 15.9. The first kappa shape index (κ1) is 65.3. The van der Waals surface area contributed by atoms with E-state index in [1.54, 1.807) is 0 Å². The number of unbranched alkanes of at least 4 members (excludes halogenated alkanes) is 32. The molecular formula is C52H100O4Sn. The summed E-state index contributed by atoms with van der Waals surface area (Å²) in [5, 5.41) is 20.4. The summed E-state index contributed by atoms with van der Waals surface area (Å²) in [7, 11) is 0. The van der Waals surface area contributed by atoms with Crippen molar-refractivity contribution in [2.24, 2.45) is 0 Å². The Balaban J connectivity index is -0.000000228. The van der Waals surface area contributed by atoms with Crippen molar-refractivity contribution >= 4 is 35.8 Å². The Morgan fingerprint density at radius 1 is 0.316 bits per heavy atom. The number of hydrogen-bond acceptors (Lipinski definition) is 2. The summed E-state index contributed by atoms with van der Waals surface area (Å²) >= 11 is 0. The van der Waals surface area contributed by atoms with Gasteiger partial charge in [0.1, 0.15) is 0 Å². The first-order valence-electron chi connectivity index (χ1n) is 24.7. The Morgan fingerprint density at radius 3 is 0.719 bits per heavy atom. The molecule has 0 aliphatic rings. The molecule has 4 nitrogen and oxygen atoms in total. The van der Waals surface area contributed by atoms with Gasteiger partial charge in [0.05, 0.1) is 12.8 Å². The van der Waals surface area contributed by atoms with Gasteiger partial charge in [0, 0.05) is 23.9 Å². The van der Waals surface area contributed by atoms with Crippen LogP contribution in [-0.4, -0.2) is 35.8 Å². The van der Waals surface area contributed by atoms with Crippen molar-refractivity contribution < 1.29 is 19.8 Å². The first-order valence-corrected chi connectivity index (χ1v) is 24.7. The van der Waals surface area contributed by atoms with Crippen molar-refractivity contribution in [2.75, 3.05) is 0 Å². The SMILES string of the molecule is CCCCCCCC/C=C/CCCCCCCC([O])=O.CCCCCCCC/C=C\CCCCCCCC([O])=O.[CH2]CCCCCCC.[CH2]CCCCCCC.[Sn]. The van der Waals surface area contributed by atoms with Gasteiger partial charge in [-0.1, -0.05) is 246 Å². The van der Waals surface area contributed by atoms with Crippen LogP contribution in [0.2, 0.25) is 0 Å². The van der Waals surface area contributed by atoms with Crippen molar-refractivity contribution in [1.82, 2.24) is 0 Å². The van der Waals surface area contributed by atoms with Crippen LogP contribution in [0.15, 0.2) is 24.3 Å². The summed E-state index contributed by atoms with van der Waals surface area (Å²) in [6, 6.07) is 0. The average Bonchev–Trinajstić information content (AvgIpc) is 3.19. The molecule has 0 aromatic rings. The molecule has 0 aromatic heterocycles. The van der Waals surface area contributed by atoms with Gasteiger partial charge in [0.25, 0.3) is 0 Å². The topological polar surface area (TPSA) is 73.9 Å². The maximum atomic E-state index is 10.2. The molecule has 0 amide bonds. The van der Waals surface area contributed by atoms with Gasteiger partial charge in [-0.3, -0.25) is 0 Å². The predicted molar refractivity (Wildman–Crippen MR) is 254 cm³/mol. The summed E-state index contributed by atoms with van der Waals surface area (Å²) < 4.78 is 0. The molecule has 57 heavy (non-hydrogen) atoms. The van der Waals surface area contributed by atoms with Crippen molar-refractivity contribution in [1.29, 1.82) is 0 Å². The zero-order valence-electron chi connectivity index (χ0n) is 39.1. The van der Waals surface area contributed by atoms with Gasteiger partial charge in [-0.05, 0) is 64.2 Å². The zero-order chi connectivity index (χ0) is 42.3. The Labute approximate surface area is 376 Å². The quantitative estimate of drug-likeness (QED) is 0.0349. The van der Waals surface area contributed by atoms with Gasteiger partial charge in [0.2, 0.25) is 0 Å². The van der Waals surface area contributed by atoms with Gasteiger partial charge >= 0.3 is 11.9 Å². The van der Waals surface area contributed by atoms with Gasteiger partial charge in [-0.15, -0.1) is 0 Å². The predicted octanol–water partition coefficient (Wildman–Crippen LogP) is 17.9. The molecule has 0 rings (SSSR count). The summed E-state index contributed by atoms with van der Waals surface area (Å²) in [6.07, 6.45) is 57.8. The Morgan fingerprint density at radius 2 is 0.509 bits per heavy atom. The average molecular weight is 908 g/mol. The molecule has 0 bridgehead atoms. The molecule has 0 heterocycles. The number of hydrogen-bond donors (Lipinski definition) is 0. The maximum Gasteiger partial charge on any atom is 0.355 e. The smallest absolute Gasteiger partial charge is 0.247 e. The fourth-order valence-electron chi connectivity index (χ4n) is 6.24. The number of allylic oxidation sites excluding steroid dienone is 4. The normalized spacial score (nSPS) is 10.6. The van der Waals surface area contributed by atoms with E-state index in [-0.39, 0.29) is 36.7 Å². The van der Waals surface area contributed by atoms with Crippen LogP contribution in [0.4, 0.5) is 0 Å². The Hall–Kier alpha value is -0.781. The van der Waals surface area contributed by atoms with Gasteiger partial charge < -0.3 is 0 Å². The molecule has 0 unspecified atom stereocenters. The third kappa shape index (κ3) is 83.7. The number of carbonyl (C=O) groups is 2. The van der Waals surface area contributed by atoms with Crippen LogP contribution in [0, 0.1) is 13.8 Å². The minimum absolute atomic E-state index is 0. The molecule has 0 aliphatic carbocycles. The fourth-order valence-corrected chi connectivity index (χ4v) is 6.24. The van der Waals surface area contributed by atoms with Crippen LogP contribution in [0.25, 0.3) is 0 Å². The van der Waals surface area contributed by atoms with Crippen LogP contribution >= 0.6 is 0 Å². The zero-order valence-corrected chi connectivity index (χ0v) is 42.0. The van der Waals surface area contributed by atoms with E-state index in [1.807, 2.05) is 0 Å². The third-order valence-corrected chi connectivity index (χ3v) is 9.99. The molecule has 0 saturated carbocycles. The molecule has 0 aromatic carbocycles. The monoisotopic (exact) mass is 909 g/mol. The van der Waals surface area contributed by atoms with Crippen LogP contribution in [0.3, 0.4) is 0 Å². The van der Waals surface area contributed by atoms with Crippen LogP contribution in [0.5, 0.6) is 0 Å². The maximum absolute atomic E-state index is 10.2. The molecule has 0 atom stereocenters. The van der Waals surface area contributed by atoms with Gasteiger partial charge in [0.15, 0.2) is 0 Å². The van der Waals surface area contributed by atoms with Crippen molar-refractivity contribution in [2.45, 2.75) is 285 Å². The van der Waals surface area contributed by atoms with Crippen LogP contribution in [0.1, 0.15) is 285 Å². The van der Waals surface area contributed by atoms with Gasteiger partial charge in [-0.2, -0.15) is 0 Å². The second kappa shape index (κ2) is 67.0. The molecule has 0 aliphatic heterocycles. The summed E-state index contributed by atoms with van der Waals surface area (Å²) in [5.74, 6) is -1.83. The summed E-state index contributed by atoms with van der Waals surface area (Å²) in [5.41, 5.74) is 0. The van der Waals surface area contributed by atoms with Crippen LogP contribution < -0.4 is 0 Å². The van der Waals surface area contributed by atoms with E-state index in [1.165, 1.54) is 193 Å². The standard InChI is InChI=1S/2C18H33O2.2C8H17.Sn/c2*1-2-3-4-5-6-7-8-9-10-11-12-13-14-15-16-17-18(19)20;2*1-3-5-7-8-6-4-2;/h2*9-10H,2-8,11-17H2,1H3;2*1,3-8H2,2H3;/b10-9+;10-9-;;;. The Bertz CT molecular complexity index is 676. The Kier molecular flexibility index (Phi) is 76.8. The molecule has 336 valence electrons. The minimum atomic E-state index is -0.914. The number of rotatable bonds is 40. The molecule has 0 spiro atoms. The van der Waals surface area contributed by atoms with E-state index in [0.29, 0.717) is 0 Å².